The van der Waals surface area contributed by atoms with Crippen LogP contribution in [0.1, 0.15) is 17.5 Å². The first-order chi connectivity index (χ1) is 10.7. The smallest absolute Gasteiger partial charge is 0.220 e. The number of hydrogen-bond donors (Lipinski definition) is 1. The van der Waals surface area contributed by atoms with Gasteiger partial charge < -0.3 is 9.73 Å². The number of aromatic nitrogens is 1. The maximum Gasteiger partial charge on any atom is 0.220 e. The second-order valence-corrected chi connectivity index (χ2v) is 5.06. The van der Waals surface area contributed by atoms with E-state index < -0.39 is 0 Å². The molecule has 112 valence electrons. The zero-order valence-electron chi connectivity index (χ0n) is 11.9. The molecular weight excluding hydrogens is 283 g/mol. The number of oxazole rings is 1. The highest BCUT2D eigenvalue weighted by Gasteiger charge is 2.04. The third-order valence-electron chi connectivity index (χ3n) is 3.44. The topological polar surface area (TPSA) is 55.1 Å². The van der Waals surface area contributed by atoms with Gasteiger partial charge in [-0.2, -0.15) is 0 Å². The van der Waals surface area contributed by atoms with Crippen molar-refractivity contribution in [1.29, 1.82) is 0 Å². The van der Waals surface area contributed by atoms with Crippen molar-refractivity contribution in [1.82, 2.24) is 10.3 Å². The van der Waals surface area contributed by atoms with Gasteiger partial charge in [0.1, 0.15) is 11.3 Å². The van der Waals surface area contributed by atoms with E-state index in [2.05, 4.69) is 10.3 Å². The number of carbonyl (C=O) groups is 1. The summed E-state index contributed by atoms with van der Waals surface area (Å²) >= 11 is 0. The maximum absolute atomic E-state index is 12.8. The lowest BCUT2D eigenvalue weighted by Crippen LogP contribution is -2.22. The number of nitrogens with zero attached hydrogens (tertiary/aromatic N) is 1. The molecule has 0 aliphatic heterocycles. The van der Waals surface area contributed by atoms with E-state index in [-0.39, 0.29) is 11.7 Å². The number of rotatable bonds is 5. The third-order valence-corrected chi connectivity index (χ3v) is 3.44. The summed E-state index contributed by atoms with van der Waals surface area (Å²) < 4.78 is 18.0. The number of aryl methyl sites for hydroxylation is 1. The molecule has 1 amide bonds. The van der Waals surface area contributed by atoms with E-state index in [9.17, 15) is 9.18 Å². The number of carbonyl (C=O) groups excluding carboxylic acids is 1. The van der Waals surface area contributed by atoms with E-state index in [1.54, 1.807) is 12.1 Å². The number of benzene rings is 2. The number of fused-ring (bicyclic) bond motifs is 1. The predicted octanol–water partition coefficient (Wildman–Crippen LogP) is 3.22. The standard InChI is InChI=1S/C17H15FN2O2/c18-14-5-1-12(2-6-14)4-8-17(21)19-10-13-3-7-15-16(9-13)22-11-20-15/h1-3,5-7,9,11H,4,8,10H2,(H,19,21). The molecule has 0 saturated heterocycles. The van der Waals surface area contributed by atoms with E-state index in [0.717, 1.165) is 16.6 Å². The minimum Gasteiger partial charge on any atom is -0.443 e. The van der Waals surface area contributed by atoms with Gasteiger partial charge in [0.25, 0.3) is 0 Å². The first-order valence-electron chi connectivity index (χ1n) is 7.04. The molecule has 0 aliphatic carbocycles. The molecule has 3 rings (SSSR count). The van der Waals surface area contributed by atoms with Crippen molar-refractivity contribution in [2.75, 3.05) is 0 Å². The number of hydrogen-bond acceptors (Lipinski definition) is 3. The van der Waals surface area contributed by atoms with Gasteiger partial charge in [-0.1, -0.05) is 18.2 Å². The molecule has 1 heterocycles. The van der Waals surface area contributed by atoms with E-state index in [4.69, 9.17) is 4.42 Å². The van der Waals surface area contributed by atoms with Crippen LogP contribution >= 0.6 is 0 Å². The van der Waals surface area contributed by atoms with Crippen LogP contribution in [0, 0.1) is 5.82 Å². The molecule has 0 atom stereocenters. The van der Waals surface area contributed by atoms with Crippen LogP contribution in [0.3, 0.4) is 0 Å². The maximum atomic E-state index is 12.8. The van der Waals surface area contributed by atoms with Gasteiger partial charge in [0.05, 0.1) is 0 Å². The predicted molar refractivity (Wildman–Crippen MR) is 80.6 cm³/mol. The normalized spacial score (nSPS) is 10.8. The molecule has 1 aromatic heterocycles. The molecule has 0 radical (unpaired) electrons. The summed E-state index contributed by atoms with van der Waals surface area (Å²) in [7, 11) is 0. The summed E-state index contributed by atoms with van der Waals surface area (Å²) in [5.74, 6) is -0.307. The molecule has 5 heteroatoms. The van der Waals surface area contributed by atoms with Gasteiger partial charge in [-0.15, -0.1) is 0 Å². The fraction of sp³-hybridized carbons (Fsp3) is 0.176. The van der Waals surface area contributed by atoms with Crippen LogP contribution in [0.4, 0.5) is 4.39 Å². The summed E-state index contributed by atoms with van der Waals surface area (Å²) in [6.07, 6.45) is 2.36. The Morgan fingerprint density at radius 2 is 1.91 bits per heavy atom. The van der Waals surface area contributed by atoms with E-state index in [1.165, 1.54) is 18.5 Å². The Kier molecular flexibility index (Phi) is 4.14. The summed E-state index contributed by atoms with van der Waals surface area (Å²) in [4.78, 5) is 15.9. The van der Waals surface area contributed by atoms with Crippen molar-refractivity contribution in [3.05, 3.63) is 65.8 Å². The molecule has 4 nitrogen and oxygen atoms in total. The fourth-order valence-corrected chi connectivity index (χ4v) is 2.21. The monoisotopic (exact) mass is 298 g/mol. The molecule has 3 aromatic rings. The Labute approximate surface area is 127 Å². The highest BCUT2D eigenvalue weighted by atomic mass is 19.1. The van der Waals surface area contributed by atoms with Crippen molar-refractivity contribution >= 4 is 17.0 Å². The summed E-state index contributed by atoms with van der Waals surface area (Å²) in [6, 6.07) is 11.8. The van der Waals surface area contributed by atoms with Crippen LogP contribution in [0.15, 0.2) is 53.3 Å². The molecule has 0 bridgehead atoms. The van der Waals surface area contributed by atoms with Gasteiger partial charge in [0, 0.05) is 13.0 Å². The molecule has 0 aliphatic rings. The Morgan fingerprint density at radius 3 is 2.73 bits per heavy atom. The van der Waals surface area contributed by atoms with E-state index >= 15 is 0 Å². The van der Waals surface area contributed by atoms with Crippen LogP contribution in [0.5, 0.6) is 0 Å². The quantitative estimate of drug-likeness (QED) is 0.787. The highest BCUT2D eigenvalue weighted by Crippen LogP contribution is 2.14. The Balaban J connectivity index is 1.50. The van der Waals surface area contributed by atoms with Gasteiger partial charge in [-0.3, -0.25) is 4.79 Å². The SMILES string of the molecule is O=C(CCc1ccc(F)cc1)NCc1ccc2ncoc2c1. The first kappa shape index (κ1) is 14.3. The first-order valence-corrected chi connectivity index (χ1v) is 7.04. The lowest BCUT2D eigenvalue weighted by atomic mass is 10.1. The number of nitrogens with one attached hydrogen (secondary N) is 1. The van der Waals surface area contributed by atoms with Gasteiger partial charge in [0.15, 0.2) is 12.0 Å². The summed E-state index contributed by atoms with van der Waals surface area (Å²) in [5.41, 5.74) is 3.41. The molecule has 0 saturated carbocycles. The Bertz CT molecular complexity index is 781. The number of halogens is 1. The number of amides is 1. The Hall–Kier alpha value is -2.69. The minimum absolute atomic E-state index is 0.0398. The second-order valence-electron chi connectivity index (χ2n) is 5.06. The van der Waals surface area contributed by atoms with Crippen molar-refractivity contribution < 1.29 is 13.6 Å². The lowest BCUT2D eigenvalue weighted by molar-refractivity contribution is -0.121. The van der Waals surface area contributed by atoms with E-state index in [1.807, 2.05) is 18.2 Å². The fourth-order valence-electron chi connectivity index (χ4n) is 2.21. The average molecular weight is 298 g/mol. The molecule has 0 unspecified atom stereocenters. The molecule has 0 spiro atoms. The van der Waals surface area contributed by atoms with Crippen LogP contribution in [0.2, 0.25) is 0 Å². The van der Waals surface area contributed by atoms with Gasteiger partial charge >= 0.3 is 0 Å². The van der Waals surface area contributed by atoms with E-state index in [0.29, 0.717) is 25.0 Å². The molecule has 2 aromatic carbocycles. The van der Waals surface area contributed by atoms with Crippen molar-refractivity contribution in [3.63, 3.8) is 0 Å². The van der Waals surface area contributed by atoms with Gasteiger partial charge in [-0.05, 0) is 41.8 Å². The van der Waals surface area contributed by atoms with Gasteiger partial charge in [0.2, 0.25) is 5.91 Å². The van der Waals surface area contributed by atoms with Crippen molar-refractivity contribution in [2.24, 2.45) is 0 Å². The third kappa shape index (κ3) is 3.49. The molecule has 22 heavy (non-hydrogen) atoms. The van der Waals surface area contributed by atoms with Gasteiger partial charge in [-0.25, -0.2) is 9.37 Å². The minimum atomic E-state index is -0.268. The van der Waals surface area contributed by atoms with Crippen LogP contribution in [-0.2, 0) is 17.8 Å². The molecule has 1 N–H and O–H groups in total. The van der Waals surface area contributed by atoms with Crippen LogP contribution in [-0.4, -0.2) is 10.9 Å². The van der Waals surface area contributed by atoms with Crippen molar-refractivity contribution in [3.8, 4) is 0 Å². The summed E-state index contributed by atoms with van der Waals surface area (Å²) in [5, 5.41) is 2.86. The largest absolute Gasteiger partial charge is 0.443 e. The zero-order chi connectivity index (χ0) is 15.4. The van der Waals surface area contributed by atoms with Crippen LogP contribution in [0.25, 0.3) is 11.1 Å². The Morgan fingerprint density at radius 1 is 1.14 bits per heavy atom. The summed E-state index contributed by atoms with van der Waals surface area (Å²) in [6.45, 7) is 0.443. The van der Waals surface area contributed by atoms with Crippen LogP contribution < -0.4 is 5.32 Å². The zero-order valence-corrected chi connectivity index (χ0v) is 11.9. The molecule has 0 fully saturated rings. The highest BCUT2D eigenvalue weighted by molar-refractivity contribution is 5.76. The second kappa shape index (κ2) is 6.39. The molecular formula is C17H15FN2O2. The lowest BCUT2D eigenvalue weighted by Gasteiger charge is -2.05. The van der Waals surface area contributed by atoms with Crippen molar-refractivity contribution in [2.45, 2.75) is 19.4 Å². The average Bonchev–Trinajstić information content (AvgIpc) is 3.00.